The third-order valence-electron chi connectivity index (χ3n) is 6.77. The van der Waals surface area contributed by atoms with Gasteiger partial charge in [0.1, 0.15) is 0 Å². The zero-order chi connectivity index (χ0) is 28.5. The lowest BCUT2D eigenvalue weighted by molar-refractivity contribution is 0.834. The zero-order valence-electron chi connectivity index (χ0n) is 24.5. The Labute approximate surface area is 238 Å². The van der Waals surface area contributed by atoms with Crippen molar-refractivity contribution in [1.29, 1.82) is 0 Å². The Morgan fingerprint density at radius 3 is 1.77 bits per heavy atom. The van der Waals surface area contributed by atoms with Gasteiger partial charge in [-0.2, -0.15) is 0 Å². The molecular weight excluding hydrogens is 492 g/mol. The van der Waals surface area contributed by atoms with Crippen LogP contribution in [0.4, 0.5) is 11.4 Å². The molecule has 2 aromatic heterocycles. The zero-order valence-corrected chi connectivity index (χ0v) is 24.5. The van der Waals surface area contributed by atoms with Gasteiger partial charge in [0.15, 0.2) is 11.7 Å². The number of amidine groups is 2. The molecule has 2 aromatic carbocycles. The van der Waals surface area contributed by atoms with Crippen LogP contribution in [0, 0.1) is 41.5 Å². The molecule has 0 aliphatic rings. The fourth-order valence-corrected chi connectivity index (χ4v) is 4.99. The van der Waals surface area contributed by atoms with Crippen LogP contribution in [0.5, 0.6) is 0 Å². The maximum Gasteiger partial charge on any atom is 0.173 e. The summed E-state index contributed by atoms with van der Waals surface area (Å²) in [5.41, 5.74) is 11.1. The Kier molecular flexibility index (Phi) is 9.79. The van der Waals surface area contributed by atoms with Crippen LogP contribution in [0.1, 0.15) is 44.8 Å². The molecule has 6 heteroatoms. The highest BCUT2D eigenvalue weighted by Gasteiger charge is 2.15. The van der Waals surface area contributed by atoms with E-state index in [9.17, 15) is 0 Å². The fourth-order valence-electron chi connectivity index (χ4n) is 4.99. The molecule has 0 saturated heterocycles. The lowest BCUT2D eigenvalue weighted by Crippen LogP contribution is -2.38. The second-order valence-corrected chi connectivity index (χ2v) is 10.4. The van der Waals surface area contributed by atoms with Crippen molar-refractivity contribution in [1.82, 2.24) is 15.3 Å². The summed E-state index contributed by atoms with van der Waals surface area (Å²) < 4.78 is 0. The second-order valence-electron chi connectivity index (χ2n) is 10.4. The van der Waals surface area contributed by atoms with Gasteiger partial charge in [0, 0.05) is 55.4 Å². The van der Waals surface area contributed by atoms with Gasteiger partial charge in [0.25, 0.3) is 0 Å². The summed E-state index contributed by atoms with van der Waals surface area (Å²) in [6, 6.07) is 20.7. The summed E-state index contributed by atoms with van der Waals surface area (Å²) in [6.45, 7) is 14.0. The van der Waals surface area contributed by atoms with Gasteiger partial charge in [-0.25, -0.2) is 4.99 Å². The summed E-state index contributed by atoms with van der Waals surface area (Å²) in [5, 5.41) is 7.28. The van der Waals surface area contributed by atoms with Crippen molar-refractivity contribution < 1.29 is 0 Å². The number of pyridine rings is 2. The average molecular weight is 533 g/mol. The molecule has 0 saturated carbocycles. The van der Waals surface area contributed by atoms with E-state index >= 15 is 0 Å². The summed E-state index contributed by atoms with van der Waals surface area (Å²) in [5.74, 6) is 1.43. The summed E-state index contributed by atoms with van der Waals surface area (Å²) in [6.07, 6.45) is 5.17. The first-order valence-electron chi connectivity index (χ1n) is 13.9. The number of rotatable bonds is 8. The molecule has 0 radical (unpaired) electrons. The first-order chi connectivity index (χ1) is 19.3. The Bertz CT molecular complexity index is 1440. The Morgan fingerprint density at radius 2 is 1.23 bits per heavy atom. The van der Waals surface area contributed by atoms with Crippen LogP contribution in [0.15, 0.2) is 83.0 Å². The van der Waals surface area contributed by atoms with Crippen molar-refractivity contribution in [2.24, 2.45) is 9.98 Å². The van der Waals surface area contributed by atoms with Crippen LogP contribution < -0.4 is 10.6 Å². The van der Waals surface area contributed by atoms with Gasteiger partial charge in [0.2, 0.25) is 0 Å². The van der Waals surface area contributed by atoms with E-state index in [1.54, 1.807) is 0 Å². The van der Waals surface area contributed by atoms with E-state index in [0.717, 1.165) is 52.6 Å². The number of nitrogens with zero attached hydrogens (tertiary/aromatic N) is 4. The van der Waals surface area contributed by atoms with Crippen LogP contribution >= 0.6 is 0 Å². The first kappa shape index (κ1) is 28.7. The Morgan fingerprint density at radius 1 is 0.675 bits per heavy atom. The van der Waals surface area contributed by atoms with Gasteiger partial charge >= 0.3 is 0 Å². The van der Waals surface area contributed by atoms with Gasteiger partial charge in [0.05, 0.1) is 5.69 Å². The van der Waals surface area contributed by atoms with Crippen molar-refractivity contribution in [3.8, 4) is 0 Å². The van der Waals surface area contributed by atoms with E-state index in [1.807, 2.05) is 48.8 Å². The number of hydrogen-bond acceptors (Lipinski definition) is 4. The molecule has 0 aliphatic heterocycles. The van der Waals surface area contributed by atoms with E-state index in [2.05, 4.69) is 86.4 Å². The second kappa shape index (κ2) is 13.7. The van der Waals surface area contributed by atoms with Crippen molar-refractivity contribution in [3.63, 3.8) is 0 Å². The lowest BCUT2D eigenvalue weighted by atomic mass is 10.0. The van der Waals surface area contributed by atoms with Gasteiger partial charge < -0.3 is 10.6 Å². The summed E-state index contributed by atoms with van der Waals surface area (Å²) >= 11 is 0. The van der Waals surface area contributed by atoms with Crippen molar-refractivity contribution in [3.05, 3.63) is 118 Å². The van der Waals surface area contributed by atoms with Gasteiger partial charge in [-0.3, -0.25) is 15.0 Å². The lowest BCUT2D eigenvalue weighted by Gasteiger charge is -2.19. The SMILES string of the molecule is Cc1cc(C)c(N=C(Nc2c(C)cc(C)cc2C)C(=NCCc2ccccn2)NCCc2ccccn2)c(C)c1. The highest BCUT2D eigenvalue weighted by atomic mass is 15.1. The first-order valence-corrected chi connectivity index (χ1v) is 13.9. The number of aryl methyl sites for hydroxylation is 6. The molecular formula is C34H40N6. The highest BCUT2D eigenvalue weighted by Crippen LogP contribution is 2.27. The van der Waals surface area contributed by atoms with Gasteiger partial charge in [-0.1, -0.05) is 47.5 Å². The van der Waals surface area contributed by atoms with Crippen molar-refractivity contribution >= 4 is 23.0 Å². The molecule has 4 aromatic rings. The van der Waals surface area contributed by atoms with Crippen molar-refractivity contribution in [2.45, 2.75) is 54.4 Å². The number of hydrogen-bond donors (Lipinski definition) is 2. The summed E-state index contributed by atoms with van der Waals surface area (Å²) in [4.78, 5) is 19.2. The number of benzene rings is 2. The van der Waals surface area contributed by atoms with Crippen LogP contribution in [-0.2, 0) is 12.8 Å². The van der Waals surface area contributed by atoms with E-state index in [1.165, 1.54) is 22.3 Å². The van der Waals surface area contributed by atoms with E-state index in [4.69, 9.17) is 9.98 Å². The normalized spacial score (nSPS) is 11.9. The van der Waals surface area contributed by atoms with E-state index in [-0.39, 0.29) is 0 Å². The van der Waals surface area contributed by atoms with Crippen LogP contribution in [-0.4, -0.2) is 34.7 Å². The molecule has 0 unspecified atom stereocenters. The monoisotopic (exact) mass is 532 g/mol. The molecule has 2 heterocycles. The molecule has 0 amide bonds. The summed E-state index contributed by atoms with van der Waals surface area (Å²) in [7, 11) is 0. The molecule has 0 bridgehead atoms. The molecule has 0 aliphatic carbocycles. The maximum absolute atomic E-state index is 5.23. The number of anilines is 1. The quantitative estimate of drug-likeness (QED) is 0.190. The Hall–Kier alpha value is -4.32. The predicted octanol–water partition coefficient (Wildman–Crippen LogP) is 6.94. The molecule has 0 spiro atoms. The smallest absolute Gasteiger partial charge is 0.173 e. The standard InChI is InChI=1S/C34H40N6/c1-23-19-25(3)31(26(4)20-23)39-34(40-32-27(5)21-24(2)22-28(32)6)33(37-17-13-29-11-7-9-15-35-29)38-18-14-30-12-8-10-16-36-30/h7-12,15-16,19-22H,13-14,17-18H2,1-6H3,(H,37,38)(H,39,40). The molecule has 0 fully saturated rings. The fraction of sp³-hybridized carbons (Fsp3) is 0.294. The minimum absolute atomic E-state index is 0.585. The minimum Gasteiger partial charge on any atom is -0.367 e. The van der Waals surface area contributed by atoms with Crippen LogP contribution in [0.3, 0.4) is 0 Å². The number of nitrogens with one attached hydrogen (secondary N) is 2. The average Bonchev–Trinajstić information content (AvgIpc) is 2.92. The molecule has 0 atom stereocenters. The van der Waals surface area contributed by atoms with Crippen LogP contribution in [0.25, 0.3) is 0 Å². The van der Waals surface area contributed by atoms with Crippen molar-refractivity contribution in [2.75, 3.05) is 18.4 Å². The predicted molar refractivity (Wildman–Crippen MR) is 168 cm³/mol. The number of aromatic nitrogens is 2. The third kappa shape index (κ3) is 7.85. The minimum atomic E-state index is 0.585. The largest absolute Gasteiger partial charge is 0.367 e. The third-order valence-corrected chi connectivity index (χ3v) is 6.77. The van der Waals surface area contributed by atoms with Gasteiger partial charge in [-0.15, -0.1) is 0 Å². The van der Waals surface area contributed by atoms with Crippen LogP contribution in [0.2, 0.25) is 0 Å². The molecule has 2 N–H and O–H groups in total. The van der Waals surface area contributed by atoms with Gasteiger partial charge in [-0.05, 0) is 88.1 Å². The molecule has 206 valence electrons. The highest BCUT2D eigenvalue weighted by molar-refractivity contribution is 6.45. The molecule has 4 rings (SSSR count). The van der Waals surface area contributed by atoms with E-state index < -0.39 is 0 Å². The maximum atomic E-state index is 5.23. The molecule has 40 heavy (non-hydrogen) atoms. The molecule has 6 nitrogen and oxygen atoms in total. The number of aliphatic imine (C=N–C) groups is 2. The van der Waals surface area contributed by atoms with E-state index in [0.29, 0.717) is 18.9 Å². The Balaban J connectivity index is 1.74. The topological polar surface area (TPSA) is 74.6 Å².